The number of aliphatic hydroxyl groups excluding tert-OH is 1. The zero-order valence-corrected chi connectivity index (χ0v) is 11.2. The van der Waals surface area contributed by atoms with Gasteiger partial charge in [-0.05, 0) is 18.2 Å². The van der Waals surface area contributed by atoms with Crippen molar-refractivity contribution in [2.75, 3.05) is 6.61 Å². The molecule has 1 aromatic heterocycles. The number of carbonyl (C=O) groups is 1. The highest BCUT2D eigenvalue weighted by Crippen LogP contribution is 2.32. The molecule has 0 amide bonds. The van der Waals surface area contributed by atoms with Crippen LogP contribution in [-0.4, -0.2) is 22.6 Å². The summed E-state index contributed by atoms with van der Waals surface area (Å²) in [6.07, 6.45) is -1.12. The minimum Gasteiger partial charge on any atom is -0.463 e. The fourth-order valence-electron chi connectivity index (χ4n) is 1.80. The molecule has 1 heterocycles. The molecular formula is C14H13NO6. The van der Waals surface area contributed by atoms with Crippen molar-refractivity contribution in [2.45, 2.75) is 13.0 Å². The standard InChI is InChI=1S/C14H13NO6/c1-9(16)20-8-12(17)14-7-6-13(21-14)10-4-2-3-5-11(10)15(18)19/h2-7,12,17H,8H2,1H3/t12-/m0/s1. The molecule has 0 radical (unpaired) electrons. The van der Waals surface area contributed by atoms with Gasteiger partial charge in [0.2, 0.25) is 0 Å². The summed E-state index contributed by atoms with van der Waals surface area (Å²) in [5.41, 5.74) is 0.223. The third kappa shape index (κ3) is 3.46. The van der Waals surface area contributed by atoms with Crippen LogP contribution >= 0.6 is 0 Å². The Balaban J connectivity index is 2.24. The summed E-state index contributed by atoms with van der Waals surface area (Å²) >= 11 is 0. The lowest BCUT2D eigenvalue weighted by Crippen LogP contribution is -2.09. The summed E-state index contributed by atoms with van der Waals surface area (Å²) in [5, 5.41) is 20.8. The summed E-state index contributed by atoms with van der Waals surface area (Å²) in [4.78, 5) is 21.2. The monoisotopic (exact) mass is 291 g/mol. The van der Waals surface area contributed by atoms with Gasteiger partial charge in [0, 0.05) is 13.0 Å². The van der Waals surface area contributed by atoms with Gasteiger partial charge in [0.05, 0.1) is 10.5 Å². The van der Waals surface area contributed by atoms with Crippen molar-refractivity contribution < 1.29 is 24.0 Å². The summed E-state index contributed by atoms with van der Waals surface area (Å²) in [6.45, 7) is 0.993. The van der Waals surface area contributed by atoms with Crippen LogP contribution in [0.4, 0.5) is 5.69 Å². The fourth-order valence-corrected chi connectivity index (χ4v) is 1.80. The molecule has 7 heteroatoms. The number of nitro groups is 1. The number of nitro benzene ring substituents is 1. The number of ether oxygens (including phenoxy) is 1. The molecule has 0 unspecified atom stereocenters. The number of hydrogen-bond donors (Lipinski definition) is 1. The van der Waals surface area contributed by atoms with Crippen LogP contribution in [0.1, 0.15) is 18.8 Å². The number of aliphatic hydroxyl groups is 1. The maximum Gasteiger partial charge on any atom is 0.302 e. The first kappa shape index (κ1) is 14.7. The molecule has 2 rings (SSSR count). The molecule has 0 aliphatic rings. The second kappa shape index (κ2) is 6.19. The van der Waals surface area contributed by atoms with Crippen LogP contribution in [0.5, 0.6) is 0 Å². The number of rotatable bonds is 5. The quantitative estimate of drug-likeness (QED) is 0.515. The highest BCUT2D eigenvalue weighted by Gasteiger charge is 2.19. The number of nitrogens with zero attached hydrogens (tertiary/aromatic N) is 1. The Labute approximate surface area is 119 Å². The van der Waals surface area contributed by atoms with E-state index in [9.17, 15) is 20.0 Å². The fraction of sp³-hybridized carbons (Fsp3) is 0.214. The zero-order chi connectivity index (χ0) is 15.4. The smallest absolute Gasteiger partial charge is 0.302 e. The third-order valence-electron chi connectivity index (χ3n) is 2.77. The van der Waals surface area contributed by atoms with Gasteiger partial charge < -0.3 is 14.3 Å². The van der Waals surface area contributed by atoms with E-state index >= 15 is 0 Å². The summed E-state index contributed by atoms with van der Waals surface area (Å²) in [5.74, 6) is -0.0805. The first-order chi connectivity index (χ1) is 9.99. The van der Waals surface area contributed by atoms with Gasteiger partial charge in [-0.15, -0.1) is 0 Å². The van der Waals surface area contributed by atoms with Crippen molar-refractivity contribution in [3.8, 4) is 11.3 Å². The minimum atomic E-state index is -1.12. The van der Waals surface area contributed by atoms with E-state index in [2.05, 4.69) is 4.74 Å². The van der Waals surface area contributed by atoms with Crippen molar-refractivity contribution in [1.82, 2.24) is 0 Å². The largest absolute Gasteiger partial charge is 0.463 e. The Morgan fingerprint density at radius 2 is 2.10 bits per heavy atom. The van der Waals surface area contributed by atoms with Crippen LogP contribution in [0.15, 0.2) is 40.8 Å². The van der Waals surface area contributed by atoms with Gasteiger partial charge in [0.15, 0.2) is 0 Å². The molecule has 0 aliphatic carbocycles. The van der Waals surface area contributed by atoms with E-state index in [0.717, 1.165) is 0 Å². The number of benzene rings is 1. The Morgan fingerprint density at radius 1 is 1.38 bits per heavy atom. The highest BCUT2D eigenvalue weighted by atomic mass is 16.6. The number of furan rings is 1. The van der Waals surface area contributed by atoms with Crippen LogP contribution in [-0.2, 0) is 9.53 Å². The molecule has 0 bridgehead atoms. The third-order valence-corrected chi connectivity index (χ3v) is 2.77. The first-order valence-electron chi connectivity index (χ1n) is 6.14. The van der Waals surface area contributed by atoms with Crippen molar-refractivity contribution in [2.24, 2.45) is 0 Å². The Morgan fingerprint density at radius 3 is 2.76 bits per heavy atom. The normalized spacial score (nSPS) is 11.9. The van der Waals surface area contributed by atoms with Crippen LogP contribution in [0.2, 0.25) is 0 Å². The van der Waals surface area contributed by atoms with Crippen LogP contribution in [0, 0.1) is 10.1 Å². The van der Waals surface area contributed by atoms with Gasteiger partial charge in [0.25, 0.3) is 5.69 Å². The highest BCUT2D eigenvalue weighted by molar-refractivity contribution is 5.69. The van der Waals surface area contributed by atoms with E-state index in [1.165, 1.54) is 25.1 Å². The molecule has 21 heavy (non-hydrogen) atoms. The van der Waals surface area contributed by atoms with E-state index in [1.54, 1.807) is 18.2 Å². The molecule has 0 saturated heterocycles. The SMILES string of the molecule is CC(=O)OC[C@H](O)c1ccc(-c2ccccc2[N+](=O)[O-])o1. The van der Waals surface area contributed by atoms with E-state index < -0.39 is 17.0 Å². The molecule has 1 N–H and O–H groups in total. The lowest BCUT2D eigenvalue weighted by Gasteiger charge is -2.07. The molecule has 110 valence electrons. The van der Waals surface area contributed by atoms with Gasteiger partial charge in [-0.3, -0.25) is 14.9 Å². The molecule has 0 fully saturated rings. The van der Waals surface area contributed by atoms with Gasteiger partial charge >= 0.3 is 5.97 Å². The predicted octanol–water partition coefficient (Wildman–Crippen LogP) is 2.45. The molecule has 0 aliphatic heterocycles. The van der Waals surface area contributed by atoms with Crippen LogP contribution < -0.4 is 0 Å². The van der Waals surface area contributed by atoms with Gasteiger partial charge in [-0.25, -0.2) is 0 Å². The molecule has 0 spiro atoms. The van der Waals surface area contributed by atoms with Crippen molar-refractivity contribution in [3.63, 3.8) is 0 Å². The molecule has 0 saturated carbocycles. The number of para-hydroxylation sites is 1. The lowest BCUT2D eigenvalue weighted by atomic mass is 10.1. The van der Waals surface area contributed by atoms with Crippen molar-refractivity contribution in [3.05, 3.63) is 52.3 Å². The zero-order valence-electron chi connectivity index (χ0n) is 11.2. The minimum absolute atomic E-state index is 0.0899. The molecule has 7 nitrogen and oxygen atoms in total. The molecule has 1 atom stereocenters. The first-order valence-corrected chi connectivity index (χ1v) is 6.14. The predicted molar refractivity (Wildman–Crippen MR) is 72.4 cm³/mol. The maximum atomic E-state index is 11.0. The second-order valence-electron chi connectivity index (χ2n) is 4.29. The summed E-state index contributed by atoms with van der Waals surface area (Å²) in [6, 6.07) is 9.14. The van der Waals surface area contributed by atoms with Crippen molar-refractivity contribution in [1.29, 1.82) is 0 Å². The topological polar surface area (TPSA) is 103 Å². The van der Waals surface area contributed by atoms with E-state index in [-0.39, 0.29) is 23.8 Å². The van der Waals surface area contributed by atoms with Crippen molar-refractivity contribution >= 4 is 11.7 Å². The molecular weight excluding hydrogens is 278 g/mol. The number of esters is 1. The van der Waals surface area contributed by atoms with Gasteiger partial charge in [-0.2, -0.15) is 0 Å². The van der Waals surface area contributed by atoms with Crippen LogP contribution in [0.3, 0.4) is 0 Å². The second-order valence-corrected chi connectivity index (χ2v) is 4.29. The average Bonchev–Trinajstić information content (AvgIpc) is 2.94. The molecule has 1 aromatic carbocycles. The molecule has 2 aromatic rings. The Kier molecular flexibility index (Phi) is 4.34. The van der Waals surface area contributed by atoms with Gasteiger partial charge in [0.1, 0.15) is 24.2 Å². The summed E-state index contributed by atoms with van der Waals surface area (Å²) < 4.78 is 10.1. The van der Waals surface area contributed by atoms with Gasteiger partial charge in [-0.1, -0.05) is 12.1 Å². The summed E-state index contributed by atoms with van der Waals surface area (Å²) in [7, 11) is 0. The van der Waals surface area contributed by atoms with E-state index in [4.69, 9.17) is 4.42 Å². The Bertz CT molecular complexity index is 663. The number of carbonyl (C=O) groups excluding carboxylic acids is 1. The average molecular weight is 291 g/mol. The van der Waals surface area contributed by atoms with E-state index in [0.29, 0.717) is 5.56 Å². The Hall–Kier alpha value is -2.67. The maximum absolute atomic E-state index is 11.0. The van der Waals surface area contributed by atoms with E-state index in [1.807, 2.05) is 0 Å². The lowest BCUT2D eigenvalue weighted by molar-refractivity contribution is -0.384. The number of hydrogen-bond acceptors (Lipinski definition) is 6. The van der Waals surface area contributed by atoms with Crippen LogP contribution in [0.25, 0.3) is 11.3 Å².